The Bertz CT molecular complexity index is 735. The van der Waals surface area contributed by atoms with Gasteiger partial charge in [-0.3, -0.25) is 0 Å². The molecule has 1 aromatic carbocycles. The fourth-order valence-electron chi connectivity index (χ4n) is 2.63. The van der Waals surface area contributed by atoms with Crippen molar-refractivity contribution in [1.29, 1.82) is 0 Å². The maximum atomic E-state index is 14.2. The molecule has 0 spiro atoms. The predicted octanol–water partition coefficient (Wildman–Crippen LogP) is 3.32. The van der Waals surface area contributed by atoms with E-state index >= 15 is 0 Å². The molecule has 0 amide bonds. The summed E-state index contributed by atoms with van der Waals surface area (Å²) in [6.07, 6.45) is 2.77. The van der Waals surface area contributed by atoms with Gasteiger partial charge in [-0.05, 0) is 32.2 Å². The molecule has 1 unspecified atom stereocenters. The van der Waals surface area contributed by atoms with Crippen molar-refractivity contribution in [3.8, 4) is 5.75 Å². The first-order valence-corrected chi connectivity index (χ1v) is 8.88. The van der Waals surface area contributed by atoms with Crippen LogP contribution in [0.5, 0.6) is 5.75 Å². The number of hydrogen-bond donors (Lipinski definition) is 2. The first kappa shape index (κ1) is 16.8. The molecule has 0 saturated heterocycles. The fourth-order valence-corrected chi connectivity index (χ4v) is 3.30. The number of nitrogen functional groups attached to an aromatic ring is 1. The van der Waals surface area contributed by atoms with Crippen molar-refractivity contribution in [2.75, 3.05) is 23.9 Å². The van der Waals surface area contributed by atoms with Gasteiger partial charge in [-0.25, -0.2) is 4.39 Å². The molecular weight excluding hydrogens is 329 g/mol. The molecule has 1 aliphatic rings. The maximum Gasteiger partial charge on any atom is 0.228 e. The van der Waals surface area contributed by atoms with Gasteiger partial charge in [0.1, 0.15) is 5.75 Å². The number of thioether (sulfide) groups is 1. The van der Waals surface area contributed by atoms with E-state index in [0.29, 0.717) is 6.61 Å². The average Bonchev–Trinajstić information content (AvgIpc) is 2.53. The molecule has 0 bridgehead atoms. The summed E-state index contributed by atoms with van der Waals surface area (Å²) in [7, 11) is 0. The molecular formula is C16H20FN5OS. The second kappa shape index (κ2) is 6.43. The maximum absolute atomic E-state index is 14.2. The standard InChI is InChI=1S/C16H20FN5OS/c1-16(2,17)13-20-14(18)22-15(21-13)19-9-7-8-23-10-5-4-6-11(24-3)12(9)10/h4-6,9H,7-8H2,1-3H3,(H3,18,19,20,21,22). The fraction of sp³-hybridized carbons (Fsp3) is 0.438. The largest absolute Gasteiger partial charge is 0.493 e. The average molecular weight is 349 g/mol. The minimum atomic E-state index is -1.69. The van der Waals surface area contributed by atoms with Gasteiger partial charge in [0.15, 0.2) is 11.5 Å². The van der Waals surface area contributed by atoms with Crippen molar-refractivity contribution in [3.05, 3.63) is 29.6 Å². The van der Waals surface area contributed by atoms with Gasteiger partial charge in [0.2, 0.25) is 11.9 Å². The van der Waals surface area contributed by atoms with Gasteiger partial charge in [0.25, 0.3) is 0 Å². The number of ether oxygens (including phenoxy) is 1. The molecule has 2 aromatic rings. The highest BCUT2D eigenvalue weighted by atomic mass is 32.2. The number of nitrogens with zero attached hydrogens (tertiary/aromatic N) is 3. The second-order valence-electron chi connectivity index (χ2n) is 6.02. The lowest BCUT2D eigenvalue weighted by Crippen LogP contribution is -2.24. The lowest BCUT2D eigenvalue weighted by Gasteiger charge is -2.28. The summed E-state index contributed by atoms with van der Waals surface area (Å²) in [5, 5.41) is 3.26. The summed E-state index contributed by atoms with van der Waals surface area (Å²) in [4.78, 5) is 13.3. The molecule has 3 rings (SSSR count). The van der Waals surface area contributed by atoms with E-state index in [9.17, 15) is 4.39 Å². The second-order valence-corrected chi connectivity index (χ2v) is 6.87. The lowest BCUT2D eigenvalue weighted by molar-refractivity contribution is 0.206. The van der Waals surface area contributed by atoms with Crippen molar-refractivity contribution >= 4 is 23.7 Å². The molecule has 1 aromatic heterocycles. The number of hydrogen-bond acceptors (Lipinski definition) is 7. The minimum absolute atomic E-state index is 0.00124. The highest BCUT2D eigenvalue weighted by molar-refractivity contribution is 7.98. The third-order valence-corrected chi connectivity index (χ3v) is 4.54. The summed E-state index contributed by atoms with van der Waals surface area (Å²) in [5.41, 5.74) is 5.09. The van der Waals surface area contributed by atoms with Crippen LogP contribution in [-0.4, -0.2) is 27.8 Å². The molecule has 0 aliphatic carbocycles. The third-order valence-electron chi connectivity index (χ3n) is 3.75. The van der Waals surface area contributed by atoms with Gasteiger partial charge in [-0.15, -0.1) is 11.8 Å². The highest BCUT2D eigenvalue weighted by Gasteiger charge is 2.27. The molecule has 128 valence electrons. The molecule has 2 heterocycles. The Morgan fingerprint density at radius 3 is 2.83 bits per heavy atom. The van der Waals surface area contributed by atoms with Crippen LogP contribution < -0.4 is 15.8 Å². The summed E-state index contributed by atoms with van der Waals surface area (Å²) < 4.78 is 19.9. The Balaban J connectivity index is 1.95. The van der Waals surface area contributed by atoms with Gasteiger partial charge < -0.3 is 15.8 Å². The summed E-state index contributed by atoms with van der Waals surface area (Å²) in [6, 6.07) is 5.93. The molecule has 1 aliphatic heterocycles. The molecule has 8 heteroatoms. The Morgan fingerprint density at radius 1 is 1.33 bits per heavy atom. The highest BCUT2D eigenvalue weighted by Crippen LogP contribution is 2.39. The van der Waals surface area contributed by atoms with Crippen molar-refractivity contribution in [2.24, 2.45) is 0 Å². The normalized spacial score (nSPS) is 17.1. The molecule has 6 nitrogen and oxygen atoms in total. The molecule has 0 saturated carbocycles. The Labute approximate surface area is 144 Å². The number of anilines is 2. The third kappa shape index (κ3) is 3.38. The topological polar surface area (TPSA) is 86.0 Å². The van der Waals surface area contributed by atoms with Crippen LogP contribution in [0.4, 0.5) is 16.3 Å². The molecule has 3 N–H and O–H groups in total. The van der Waals surface area contributed by atoms with Crippen molar-refractivity contribution in [3.63, 3.8) is 0 Å². The minimum Gasteiger partial charge on any atom is -0.493 e. The Kier molecular flexibility index (Phi) is 4.49. The van der Waals surface area contributed by atoms with Crippen molar-refractivity contribution in [1.82, 2.24) is 15.0 Å². The predicted molar refractivity (Wildman–Crippen MR) is 93.1 cm³/mol. The number of nitrogens with one attached hydrogen (secondary N) is 1. The molecule has 1 atom stereocenters. The van der Waals surface area contributed by atoms with E-state index in [2.05, 4.69) is 20.3 Å². The summed E-state index contributed by atoms with van der Waals surface area (Å²) >= 11 is 1.65. The number of benzene rings is 1. The van der Waals surface area contributed by atoms with Gasteiger partial charge in [0.05, 0.1) is 12.6 Å². The van der Waals surface area contributed by atoms with Gasteiger partial charge in [0, 0.05) is 16.9 Å². The van der Waals surface area contributed by atoms with E-state index in [0.717, 1.165) is 22.6 Å². The van der Waals surface area contributed by atoms with Crippen molar-refractivity contribution in [2.45, 2.75) is 36.9 Å². The zero-order chi connectivity index (χ0) is 17.3. The van der Waals surface area contributed by atoms with Gasteiger partial charge >= 0.3 is 0 Å². The number of halogens is 1. The van der Waals surface area contributed by atoms with Gasteiger partial charge in [-0.1, -0.05) is 6.07 Å². The van der Waals surface area contributed by atoms with Crippen LogP contribution in [0.1, 0.15) is 37.7 Å². The van der Waals surface area contributed by atoms with Crippen LogP contribution in [0.3, 0.4) is 0 Å². The number of alkyl halides is 1. The monoisotopic (exact) mass is 349 g/mol. The van der Waals surface area contributed by atoms with Crippen molar-refractivity contribution < 1.29 is 9.13 Å². The van der Waals surface area contributed by atoms with E-state index < -0.39 is 5.67 Å². The smallest absolute Gasteiger partial charge is 0.228 e. The van der Waals surface area contributed by atoms with E-state index in [-0.39, 0.29) is 23.8 Å². The molecule has 0 radical (unpaired) electrons. The summed E-state index contributed by atoms with van der Waals surface area (Å²) in [6.45, 7) is 3.37. The zero-order valence-electron chi connectivity index (χ0n) is 13.8. The molecule has 0 fully saturated rings. The molecule has 24 heavy (non-hydrogen) atoms. The van der Waals surface area contributed by atoms with Crippen LogP contribution in [0.2, 0.25) is 0 Å². The first-order chi connectivity index (χ1) is 11.4. The van der Waals surface area contributed by atoms with E-state index in [1.165, 1.54) is 13.8 Å². The number of aromatic nitrogens is 3. The van der Waals surface area contributed by atoms with Crippen LogP contribution in [0, 0.1) is 0 Å². The van der Waals surface area contributed by atoms with Crippen LogP contribution >= 0.6 is 11.8 Å². The van der Waals surface area contributed by atoms with Crippen LogP contribution in [-0.2, 0) is 5.67 Å². The van der Waals surface area contributed by atoms with E-state index in [4.69, 9.17) is 10.5 Å². The lowest BCUT2D eigenvalue weighted by atomic mass is 10.0. The van der Waals surface area contributed by atoms with Crippen LogP contribution in [0.15, 0.2) is 23.1 Å². The quantitative estimate of drug-likeness (QED) is 0.819. The summed E-state index contributed by atoms with van der Waals surface area (Å²) in [5.74, 6) is 1.14. The van der Waals surface area contributed by atoms with E-state index in [1.807, 2.05) is 24.5 Å². The first-order valence-electron chi connectivity index (χ1n) is 7.65. The van der Waals surface area contributed by atoms with Gasteiger partial charge in [-0.2, -0.15) is 15.0 Å². The zero-order valence-corrected chi connectivity index (χ0v) is 14.7. The number of nitrogens with two attached hydrogens (primary N) is 1. The number of fused-ring (bicyclic) bond motifs is 1. The van der Waals surface area contributed by atoms with E-state index in [1.54, 1.807) is 11.8 Å². The number of rotatable bonds is 4. The van der Waals surface area contributed by atoms with Crippen LogP contribution in [0.25, 0.3) is 0 Å². The Morgan fingerprint density at radius 2 is 2.12 bits per heavy atom. The Hall–Kier alpha value is -2.09. The SMILES string of the molecule is CSc1cccc2c1C(Nc1nc(N)nc(C(C)(C)F)n1)CCO2.